The van der Waals surface area contributed by atoms with Crippen molar-refractivity contribution < 1.29 is 14.3 Å². The number of thioether (sulfide) groups is 1. The maximum atomic E-state index is 12.2. The number of hydrogen-bond acceptors (Lipinski definition) is 9. The first-order chi connectivity index (χ1) is 11.6. The molecule has 0 atom stereocenters. The van der Waals surface area contributed by atoms with Gasteiger partial charge >= 0.3 is 5.97 Å². The van der Waals surface area contributed by atoms with Gasteiger partial charge in [-0.25, -0.2) is 9.78 Å². The number of anilines is 2. The fraction of sp³-hybridized carbons (Fsp3) is 0.214. The first-order valence-electron chi connectivity index (χ1n) is 6.91. The molecule has 0 fully saturated rings. The van der Waals surface area contributed by atoms with Crippen molar-refractivity contribution in [3.05, 3.63) is 35.7 Å². The Balaban J connectivity index is 2.26. The summed E-state index contributed by atoms with van der Waals surface area (Å²) in [6, 6.07) is 3.09. The van der Waals surface area contributed by atoms with Crippen molar-refractivity contribution in [1.82, 2.24) is 20.4 Å². The Labute approximate surface area is 142 Å². The fourth-order valence-corrected chi connectivity index (χ4v) is 2.34. The van der Waals surface area contributed by atoms with Gasteiger partial charge in [-0.2, -0.15) is 4.98 Å². The summed E-state index contributed by atoms with van der Waals surface area (Å²) in [4.78, 5) is 36.0. The lowest BCUT2D eigenvalue weighted by atomic mass is 10.2. The predicted molar refractivity (Wildman–Crippen MR) is 89.5 cm³/mol. The Morgan fingerprint density at radius 1 is 1.29 bits per heavy atom. The first kappa shape index (κ1) is 17.5. The van der Waals surface area contributed by atoms with Crippen LogP contribution in [0.1, 0.15) is 27.6 Å². The Morgan fingerprint density at radius 2 is 2.00 bits per heavy atom. The highest BCUT2D eigenvalue weighted by Gasteiger charge is 2.22. The van der Waals surface area contributed by atoms with Crippen LogP contribution in [-0.2, 0) is 4.74 Å². The van der Waals surface area contributed by atoms with Crippen LogP contribution in [0.25, 0.3) is 0 Å². The molecule has 0 aliphatic carbocycles. The number of nitrogens with one attached hydrogen (secondary N) is 2. The average molecular weight is 348 g/mol. The number of amides is 1. The van der Waals surface area contributed by atoms with Crippen LogP contribution in [0.5, 0.6) is 0 Å². The minimum absolute atomic E-state index is 0.0342. The molecule has 2 aromatic heterocycles. The quantitative estimate of drug-likeness (QED) is 0.304. The van der Waals surface area contributed by atoms with Crippen LogP contribution in [0, 0.1) is 0 Å². The van der Waals surface area contributed by atoms with E-state index in [1.165, 1.54) is 24.2 Å². The number of ether oxygens (including phenoxy) is 1. The molecule has 0 aliphatic heterocycles. The van der Waals surface area contributed by atoms with Gasteiger partial charge in [0.2, 0.25) is 5.95 Å². The molecule has 0 saturated heterocycles. The lowest BCUT2D eigenvalue weighted by Crippen LogP contribution is -2.31. The second-order valence-electron chi connectivity index (χ2n) is 4.35. The fourth-order valence-electron chi connectivity index (χ4n) is 1.77. The summed E-state index contributed by atoms with van der Waals surface area (Å²) >= 11 is 1.22. The molecule has 10 heteroatoms. The van der Waals surface area contributed by atoms with Gasteiger partial charge in [0.05, 0.1) is 6.61 Å². The lowest BCUT2D eigenvalue weighted by molar-refractivity contribution is 0.0521. The van der Waals surface area contributed by atoms with E-state index in [1.54, 1.807) is 25.3 Å². The minimum atomic E-state index is -0.609. The molecule has 2 heterocycles. The van der Waals surface area contributed by atoms with E-state index < -0.39 is 11.9 Å². The first-order valence-corrected chi connectivity index (χ1v) is 8.14. The van der Waals surface area contributed by atoms with Crippen molar-refractivity contribution in [3.8, 4) is 0 Å². The van der Waals surface area contributed by atoms with Gasteiger partial charge in [0.1, 0.15) is 10.6 Å². The molecule has 4 N–H and O–H groups in total. The van der Waals surface area contributed by atoms with Crippen LogP contribution >= 0.6 is 11.8 Å². The summed E-state index contributed by atoms with van der Waals surface area (Å²) in [5.41, 5.74) is 11.2. The largest absolute Gasteiger partial charge is 0.462 e. The molecule has 0 unspecified atom stereocenters. The van der Waals surface area contributed by atoms with E-state index in [4.69, 9.17) is 10.5 Å². The van der Waals surface area contributed by atoms with Gasteiger partial charge in [0.15, 0.2) is 5.82 Å². The minimum Gasteiger partial charge on any atom is -0.462 e. The topological polar surface area (TPSA) is 132 Å². The van der Waals surface area contributed by atoms with Crippen molar-refractivity contribution >= 4 is 35.4 Å². The standard InChI is InChI=1S/C14H16N6O3S/c1-3-23-13(22)9-10(17-14(15)18-12(9)24-2)19-20-11(21)8-4-6-16-7-5-8/h4-7H,3H2,1-2H3,(H,20,21)(H3,15,17,18,19). The Hall–Kier alpha value is -2.88. The van der Waals surface area contributed by atoms with Crippen LogP contribution < -0.4 is 16.6 Å². The number of nitrogens with two attached hydrogens (primary N) is 1. The van der Waals surface area contributed by atoms with Gasteiger partial charge in [0, 0.05) is 18.0 Å². The molecular formula is C14H16N6O3S. The van der Waals surface area contributed by atoms with Gasteiger partial charge in [-0.05, 0) is 25.3 Å². The second-order valence-corrected chi connectivity index (χ2v) is 5.15. The number of carbonyl (C=O) groups is 2. The number of nitrogens with zero attached hydrogens (tertiary/aromatic N) is 3. The molecule has 9 nitrogen and oxygen atoms in total. The average Bonchev–Trinajstić information content (AvgIpc) is 2.59. The van der Waals surface area contributed by atoms with Crippen molar-refractivity contribution in [1.29, 1.82) is 0 Å². The molecule has 0 radical (unpaired) electrons. The molecule has 0 saturated carbocycles. The van der Waals surface area contributed by atoms with E-state index >= 15 is 0 Å². The van der Waals surface area contributed by atoms with Gasteiger partial charge in [-0.15, -0.1) is 11.8 Å². The maximum Gasteiger partial charge on any atom is 0.344 e. The van der Waals surface area contributed by atoms with Crippen molar-refractivity contribution in [2.75, 3.05) is 24.0 Å². The number of rotatable bonds is 6. The summed E-state index contributed by atoms with van der Waals surface area (Å²) in [5.74, 6) is -1.00. The molecule has 1 amide bonds. The van der Waals surface area contributed by atoms with E-state index in [0.717, 1.165) is 0 Å². The number of hydrogen-bond donors (Lipinski definition) is 3. The number of esters is 1. The van der Waals surface area contributed by atoms with Crippen molar-refractivity contribution in [2.45, 2.75) is 11.9 Å². The molecule has 0 spiro atoms. The highest BCUT2D eigenvalue weighted by molar-refractivity contribution is 7.98. The second kappa shape index (κ2) is 8.11. The van der Waals surface area contributed by atoms with Gasteiger partial charge in [-0.1, -0.05) is 0 Å². The highest BCUT2D eigenvalue weighted by Crippen LogP contribution is 2.25. The number of nitrogen functional groups attached to an aromatic ring is 1. The molecule has 0 bridgehead atoms. The molecule has 2 aromatic rings. The van der Waals surface area contributed by atoms with Gasteiger partial charge < -0.3 is 10.5 Å². The van der Waals surface area contributed by atoms with Crippen molar-refractivity contribution in [3.63, 3.8) is 0 Å². The summed E-state index contributed by atoms with van der Waals surface area (Å²) in [5, 5.41) is 0.349. The SMILES string of the molecule is CCOC(=O)c1c(NNC(=O)c2ccncc2)nc(N)nc1SC. The number of pyridine rings is 1. The van der Waals surface area contributed by atoms with Gasteiger partial charge in [0.25, 0.3) is 5.91 Å². The van der Waals surface area contributed by atoms with Crippen LogP contribution in [-0.4, -0.2) is 39.7 Å². The monoisotopic (exact) mass is 348 g/mol. The van der Waals surface area contributed by atoms with Gasteiger partial charge in [-0.3, -0.25) is 20.6 Å². The van der Waals surface area contributed by atoms with Crippen LogP contribution in [0.4, 0.5) is 11.8 Å². The molecule has 0 aromatic carbocycles. The van der Waals surface area contributed by atoms with E-state index in [0.29, 0.717) is 10.6 Å². The van der Waals surface area contributed by atoms with Crippen LogP contribution in [0.2, 0.25) is 0 Å². The van der Waals surface area contributed by atoms with Crippen LogP contribution in [0.15, 0.2) is 29.6 Å². The van der Waals surface area contributed by atoms with E-state index in [9.17, 15) is 9.59 Å². The van der Waals surface area contributed by atoms with E-state index in [1.807, 2.05) is 0 Å². The zero-order chi connectivity index (χ0) is 17.5. The Kier molecular flexibility index (Phi) is 5.90. The third-order valence-corrected chi connectivity index (χ3v) is 3.49. The third-order valence-electron chi connectivity index (χ3n) is 2.80. The molecule has 24 heavy (non-hydrogen) atoms. The summed E-state index contributed by atoms with van der Waals surface area (Å²) in [7, 11) is 0. The smallest absolute Gasteiger partial charge is 0.344 e. The Bertz CT molecular complexity index is 741. The zero-order valence-corrected chi connectivity index (χ0v) is 13.9. The Morgan fingerprint density at radius 3 is 2.62 bits per heavy atom. The molecule has 126 valence electrons. The number of aromatic nitrogens is 3. The molecule has 2 rings (SSSR count). The lowest BCUT2D eigenvalue weighted by Gasteiger charge is -2.14. The normalized spacial score (nSPS) is 10.1. The maximum absolute atomic E-state index is 12.2. The summed E-state index contributed by atoms with van der Waals surface area (Å²) in [6.07, 6.45) is 4.73. The predicted octanol–water partition coefficient (Wildman–Crippen LogP) is 1.11. The molecular weight excluding hydrogens is 332 g/mol. The van der Waals surface area contributed by atoms with E-state index in [2.05, 4.69) is 25.8 Å². The summed E-state index contributed by atoms with van der Waals surface area (Å²) in [6.45, 7) is 1.88. The van der Waals surface area contributed by atoms with Crippen molar-refractivity contribution in [2.24, 2.45) is 0 Å². The highest BCUT2D eigenvalue weighted by atomic mass is 32.2. The molecule has 0 aliphatic rings. The summed E-state index contributed by atoms with van der Waals surface area (Å²) < 4.78 is 5.01. The zero-order valence-electron chi connectivity index (χ0n) is 13.1. The third kappa shape index (κ3) is 4.10. The van der Waals surface area contributed by atoms with Crippen LogP contribution in [0.3, 0.4) is 0 Å². The number of hydrazine groups is 1. The van der Waals surface area contributed by atoms with E-state index in [-0.39, 0.29) is 23.9 Å². The number of carbonyl (C=O) groups excluding carboxylic acids is 2.